The van der Waals surface area contributed by atoms with E-state index in [2.05, 4.69) is 4.98 Å². The van der Waals surface area contributed by atoms with Gasteiger partial charge in [0.15, 0.2) is 0 Å². The Hall–Kier alpha value is -3.94. The number of primary sulfonamides is 1. The van der Waals surface area contributed by atoms with Gasteiger partial charge < -0.3 is 14.3 Å². The quantitative estimate of drug-likeness (QED) is 0.449. The number of hydrogen-bond donors (Lipinski definition) is 2. The van der Waals surface area contributed by atoms with Gasteiger partial charge in [0.1, 0.15) is 23.2 Å². The average Bonchev–Trinajstić information content (AvgIpc) is 3.26. The number of fused-ring (bicyclic) bond motifs is 1. The molecule has 0 fully saturated rings. The molecule has 0 spiro atoms. The number of aryl methyl sites for hydroxylation is 1. The van der Waals surface area contributed by atoms with Gasteiger partial charge in [0, 0.05) is 36.0 Å². The van der Waals surface area contributed by atoms with Crippen LogP contribution >= 0.6 is 0 Å². The minimum atomic E-state index is -4.04. The SMILES string of the molecule is Cn1cc(-c2cc(C(F)CS(N)(=O)=O)ccc2Oc2ccc(C#N)cc2)c2cc[nH]c2c1=O. The maximum atomic E-state index is 14.8. The Morgan fingerprint density at radius 1 is 1.18 bits per heavy atom. The smallest absolute Gasteiger partial charge is 0.274 e. The van der Waals surface area contributed by atoms with Crippen LogP contribution in [0.25, 0.3) is 22.0 Å². The van der Waals surface area contributed by atoms with Gasteiger partial charge in [-0.1, -0.05) is 6.07 Å². The summed E-state index contributed by atoms with van der Waals surface area (Å²) >= 11 is 0. The molecular weight excluding hydrogens is 447 g/mol. The number of halogens is 1. The molecule has 168 valence electrons. The number of alkyl halides is 1. The molecule has 8 nitrogen and oxygen atoms in total. The number of H-pyrrole nitrogens is 1. The number of benzene rings is 2. The first kappa shape index (κ1) is 22.3. The summed E-state index contributed by atoms with van der Waals surface area (Å²) in [5.74, 6) is -0.0679. The van der Waals surface area contributed by atoms with Crippen LogP contribution in [0.1, 0.15) is 17.3 Å². The van der Waals surface area contributed by atoms with Gasteiger partial charge >= 0.3 is 0 Å². The second kappa shape index (κ2) is 8.54. The molecule has 1 unspecified atom stereocenters. The Labute approximate surface area is 188 Å². The molecule has 2 heterocycles. The highest BCUT2D eigenvalue weighted by Crippen LogP contribution is 2.38. The molecular formula is C23H19FN4O4S. The van der Waals surface area contributed by atoms with E-state index < -0.39 is 21.9 Å². The molecule has 0 aliphatic rings. The number of hydrogen-bond acceptors (Lipinski definition) is 5. The predicted octanol–water partition coefficient (Wildman–Crippen LogP) is 3.50. The van der Waals surface area contributed by atoms with Crippen molar-refractivity contribution in [2.75, 3.05) is 5.75 Å². The van der Waals surface area contributed by atoms with Crippen molar-refractivity contribution >= 4 is 20.9 Å². The van der Waals surface area contributed by atoms with Crippen molar-refractivity contribution in [1.82, 2.24) is 9.55 Å². The fourth-order valence-electron chi connectivity index (χ4n) is 3.55. The first-order chi connectivity index (χ1) is 15.7. The van der Waals surface area contributed by atoms with Crippen LogP contribution in [-0.4, -0.2) is 23.7 Å². The zero-order valence-electron chi connectivity index (χ0n) is 17.4. The Morgan fingerprint density at radius 3 is 2.58 bits per heavy atom. The average molecular weight is 466 g/mol. The Bertz CT molecular complexity index is 1550. The van der Waals surface area contributed by atoms with E-state index in [1.54, 1.807) is 49.8 Å². The van der Waals surface area contributed by atoms with Crippen molar-refractivity contribution in [3.63, 3.8) is 0 Å². The number of nitrogens with two attached hydrogens (primary N) is 1. The van der Waals surface area contributed by atoms with Gasteiger partial charge in [0.25, 0.3) is 5.56 Å². The molecule has 10 heteroatoms. The zero-order chi connectivity index (χ0) is 23.8. The van der Waals surface area contributed by atoms with Crippen molar-refractivity contribution in [2.45, 2.75) is 6.17 Å². The summed E-state index contributed by atoms with van der Waals surface area (Å²) < 4.78 is 45.0. The summed E-state index contributed by atoms with van der Waals surface area (Å²) in [5, 5.41) is 14.6. The van der Waals surface area contributed by atoms with E-state index in [1.807, 2.05) is 6.07 Å². The molecule has 0 radical (unpaired) electrons. The van der Waals surface area contributed by atoms with E-state index in [4.69, 9.17) is 15.1 Å². The fraction of sp³-hybridized carbons (Fsp3) is 0.130. The minimum Gasteiger partial charge on any atom is -0.457 e. The number of aromatic amines is 1. The lowest BCUT2D eigenvalue weighted by Crippen LogP contribution is -2.20. The van der Waals surface area contributed by atoms with Crippen molar-refractivity contribution in [2.24, 2.45) is 12.2 Å². The molecule has 0 aliphatic heterocycles. The van der Waals surface area contributed by atoms with E-state index in [0.717, 1.165) is 0 Å². The monoisotopic (exact) mass is 466 g/mol. The Morgan fingerprint density at radius 2 is 1.91 bits per heavy atom. The zero-order valence-corrected chi connectivity index (χ0v) is 18.3. The van der Waals surface area contributed by atoms with Crippen LogP contribution in [-0.2, 0) is 17.1 Å². The highest BCUT2D eigenvalue weighted by Gasteiger charge is 2.21. The van der Waals surface area contributed by atoms with Crippen molar-refractivity contribution in [3.05, 3.63) is 82.4 Å². The van der Waals surface area contributed by atoms with Gasteiger partial charge in [-0.25, -0.2) is 17.9 Å². The first-order valence-electron chi connectivity index (χ1n) is 9.80. The Balaban J connectivity index is 1.89. The number of sulfonamides is 1. The Kier molecular flexibility index (Phi) is 5.76. The third-order valence-electron chi connectivity index (χ3n) is 5.14. The molecule has 4 aromatic rings. The highest BCUT2D eigenvalue weighted by atomic mass is 32.2. The number of ether oxygens (including phenoxy) is 1. The summed E-state index contributed by atoms with van der Waals surface area (Å²) in [5.41, 5.74) is 1.74. The maximum absolute atomic E-state index is 14.8. The number of pyridine rings is 1. The van der Waals surface area contributed by atoms with E-state index in [-0.39, 0.29) is 11.1 Å². The predicted molar refractivity (Wildman–Crippen MR) is 122 cm³/mol. The van der Waals surface area contributed by atoms with Crippen LogP contribution in [0.2, 0.25) is 0 Å². The third-order valence-corrected chi connectivity index (χ3v) is 5.90. The first-order valence-corrected chi connectivity index (χ1v) is 11.5. The summed E-state index contributed by atoms with van der Waals surface area (Å²) in [4.78, 5) is 15.4. The van der Waals surface area contributed by atoms with Crippen LogP contribution in [0.3, 0.4) is 0 Å². The standard InChI is InChI=1S/C23H19FN4O4S/c1-28-12-19(17-8-9-27-22(17)23(28)29)18-10-15(20(24)13-33(26,30)31)4-7-21(18)32-16-5-2-14(11-25)3-6-16/h2-10,12,20,27H,13H2,1H3,(H2,26,30,31). The molecule has 0 bridgehead atoms. The largest absolute Gasteiger partial charge is 0.457 e. The lowest BCUT2D eigenvalue weighted by molar-refractivity contribution is 0.374. The molecule has 0 amide bonds. The normalized spacial score (nSPS) is 12.4. The molecule has 0 saturated carbocycles. The summed E-state index contributed by atoms with van der Waals surface area (Å²) in [7, 11) is -2.44. The van der Waals surface area contributed by atoms with Gasteiger partial charge in [0.2, 0.25) is 10.0 Å². The van der Waals surface area contributed by atoms with Crippen molar-refractivity contribution < 1.29 is 17.5 Å². The van der Waals surface area contributed by atoms with Crippen molar-refractivity contribution in [1.29, 1.82) is 5.26 Å². The molecule has 0 saturated heterocycles. The van der Waals surface area contributed by atoms with E-state index in [0.29, 0.717) is 39.1 Å². The second-order valence-corrected chi connectivity index (χ2v) is 9.18. The molecule has 0 aliphatic carbocycles. The lowest BCUT2D eigenvalue weighted by Gasteiger charge is -2.16. The van der Waals surface area contributed by atoms with Crippen LogP contribution in [0.5, 0.6) is 11.5 Å². The van der Waals surface area contributed by atoms with Crippen molar-refractivity contribution in [3.8, 4) is 28.7 Å². The summed E-state index contributed by atoms with van der Waals surface area (Å²) in [6.07, 6.45) is 1.38. The summed E-state index contributed by atoms with van der Waals surface area (Å²) in [6.45, 7) is 0. The topological polar surface area (TPSA) is 131 Å². The third kappa shape index (κ3) is 4.64. The molecule has 3 N–H and O–H groups in total. The van der Waals surface area contributed by atoms with Gasteiger partial charge in [-0.05, 0) is 48.0 Å². The van der Waals surface area contributed by atoms with E-state index in [1.165, 1.54) is 22.8 Å². The number of nitriles is 1. The number of rotatable bonds is 6. The van der Waals surface area contributed by atoms with Gasteiger partial charge in [-0.2, -0.15) is 5.26 Å². The number of aromatic nitrogens is 2. The second-order valence-electron chi connectivity index (χ2n) is 7.52. The van der Waals surface area contributed by atoms with Gasteiger partial charge in [-0.15, -0.1) is 0 Å². The van der Waals surface area contributed by atoms with E-state index in [9.17, 15) is 17.6 Å². The molecule has 2 aromatic carbocycles. The van der Waals surface area contributed by atoms with E-state index >= 15 is 0 Å². The molecule has 4 rings (SSSR count). The van der Waals surface area contributed by atoms with Crippen LogP contribution in [0.15, 0.2) is 65.7 Å². The molecule has 2 aromatic heterocycles. The number of nitrogens with zero attached hydrogens (tertiary/aromatic N) is 2. The van der Waals surface area contributed by atoms with Crippen LogP contribution < -0.4 is 15.4 Å². The number of nitrogens with one attached hydrogen (secondary N) is 1. The molecule has 1 atom stereocenters. The summed E-state index contributed by atoms with van der Waals surface area (Å²) in [6, 6.07) is 14.7. The highest BCUT2D eigenvalue weighted by molar-refractivity contribution is 7.89. The van der Waals surface area contributed by atoms with Gasteiger partial charge in [0.05, 0.1) is 17.4 Å². The minimum absolute atomic E-state index is 0.101. The van der Waals surface area contributed by atoms with Gasteiger partial charge in [-0.3, -0.25) is 4.79 Å². The maximum Gasteiger partial charge on any atom is 0.274 e. The fourth-order valence-corrected chi connectivity index (χ4v) is 4.15. The lowest BCUT2D eigenvalue weighted by atomic mass is 9.99. The van der Waals surface area contributed by atoms with Crippen LogP contribution in [0, 0.1) is 11.3 Å². The molecule has 33 heavy (non-hydrogen) atoms. The van der Waals surface area contributed by atoms with Crippen LogP contribution in [0.4, 0.5) is 4.39 Å².